The van der Waals surface area contributed by atoms with Crippen molar-refractivity contribution in [1.29, 1.82) is 0 Å². The minimum absolute atomic E-state index is 0.0964. The molecule has 4 rings (SSSR count). The van der Waals surface area contributed by atoms with E-state index in [1.807, 2.05) is 0 Å². The van der Waals surface area contributed by atoms with Crippen LogP contribution in [0, 0.1) is 22.7 Å². The number of hydrogen-bond donors (Lipinski definition) is 2. The van der Waals surface area contributed by atoms with Crippen molar-refractivity contribution in [3.63, 3.8) is 0 Å². The Morgan fingerprint density at radius 1 is 1.23 bits per heavy atom. The molecular weight excluding hydrogens is 276 g/mol. The molecule has 0 aromatic carbocycles. The monoisotopic (exact) mass is 306 g/mol. The van der Waals surface area contributed by atoms with E-state index in [1.165, 1.54) is 31.3 Å². The molecule has 1 saturated heterocycles. The predicted octanol–water partition coefficient (Wildman–Crippen LogP) is 3.05. The Morgan fingerprint density at radius 2 is 2.05 bits per heavy atom. The van der Waals surface area contributed by atoms with Crippen molar-refractivity contribution < 1.29 is 14.9 Å². The van der Waals surface area contributed by atoms with Crippen molar-refractivity contribution in [1.82, 2.24) is 0 Å². The fourth-order valence-electron chi connectivity index (χ4n) is 6.37. The molecule has 124 valence electrons. The van der Waals surface area contributed by atoms with Gasteiger partial charge in [0.2, 0.25) is 0 Å². The zero-order chi connectivity index (χ0) is 15.6. The van der Waals surface area contributed by atoms with Gasteiger partial charge in [-0.05, 0) is 73.2 Å². The maximum absolute atomic E-state index is 11.0. The fraction of sp³-hybridized carbons (Fsp3) is 0.895. The van der Waals surface area contributed by atoms with Crippen LogP contribution < -0.4 is 0 Å². The molecule has 0 bridgehead atoms. The van der Waals surface area contributed by atoms with Gasteiger partial charge in [-0.2, -0.15) is 0 Å². The smallest absolute Gasteiger partial charge is 0.0913 e. The third kappa shape index (κ3) is 1.85. The first-order valence-electron chi connectivity index (χ1n) is 9.08. The molecule has 1 aliphatic heterocycles. The Morgan fingerprint density at radius 3 is 2.82 bits per heavy atom. The first-order chi connectivity index (χ1) is 10.4. The lowest BCUT2D eigenvalue weighted by Gasteiger charge is -2.59. The van der Waals surface area contributed by atoms with Crippen molar-refractivity contribution in [2.75, 3.05) is 13.2 Å². The third-order valence-corrected chi connectivity index (χ3v) is 7.73. The van der Waals surface area contributed by atoms with Crippen LogP contribution in [0.25, 0.3) is 0 Å². The van der Waals surface area contributed by atoms with E-state index in [4.69, 9.17) is 4.74 Å². The molecule has 2 saturated carbocycles. The standard InChI is InChI=1S/C19H30O3/c1-17-9-6-14-13(16(17)22-11-10-17)4-5-15-18(14,2)7-3-8-19(15,21)12-20/h4,14-16,20-21H,3,5-12H2,1-2H3/t14-,15+,16-,17+,18+,19-/m0/s1. The molecule has 0 radical (unpaired) electrons. The summed E-state index contributed by atoms with van der Waals surface area (Å²) in [5, 5.41) is 20.8. The first-order valence-corrected chi connectivity index (χ1v) is 9.08. The number of rotatable bonds is 1. The summed E-state index contributed by atoms with van der Waals surface area (Å²) in [5.74, 6) is 0.721. The SMILES string of the molecule is C[C@@]12CCO[C@H]1C1=CC[C@H]3[C@@](O)(CO)CCC[C@]3(C)[C@H]1CC2. The van der Waals surface area contributed by atoms with E-state index in [2.05, 4.69) is 19.9 Å². The molecule has 1 heterocycles. The second kappa shape index (κ2) is 4.81. The molecule has 3 aliphatic carbocycles. The van der Waals surface area contributed by atoms with Gasteiger partial charge in [0.1, 0.15) is 0 Å². The molecule has 0 amide bonds. The molecule has 22 heavy (non-hydrogen) atoms. The third-order valence-electron chi connectivity index (χ3n) is 7.73. The van der Waals surface area contributed by atoms with E-state index < -0.39 is 5.60 Å². The maximum Gasteiger partial charge on any atom is 0.0913 e. The average Bonchev–Trinajstić information content (AvgIpc) is 2.89. The molecule has 4 aliphatic rings. The van der Waals surface area contributed by atoms with E-state index in [0.717, 1.165) is 25.9 Å². The van der Waals surface area contributed by atoms with Gasteiger partial charge in [0.15, 0.2) is 0 Å². The molecule has 2 N–H and O–H groups in total. The molecule has 3 nitrogen and oxygen atoms in total. The van der Waals surface area contributed by atoms with Crippen LogP contribution in [-0.2, 0) is 4.74 Å². The van der Waals surface area contributed by atoms with Crippen LogP contribution >= 0.6 is 0 Å². The van der Waals surface area contributed by atoms with Gasteiger partial charge in [0.05, 0.1) is 18.3 Å². The van der Waals surface area contributed by atoms with Crippen LogP contribution in [0.1, 0.15) is 58.8 Å². The van der Waals surface area contributed by atoms with Crippen molar-refractivity contribution in [3.8, 4) is 0 Å². The van der Waals surface area contributed by atoms with Crippen LogP contribution in [0.4, 0.5) is 0 Å². The topological polar surface area (TPSA) is 49.7 Å². The van der Waals surface area contributed by atoms with Gasteiger partial charge in [-0.1, -0.05) is 19.9 Å². The van der Waals surface area contributed by atoms with Gasteiger partial charge in [0.25, 0.3) is 0 Å². The Hall–Kier alpha value is -0.380. The highest BCUT2D eigenvalue weighted by Crippen LogP contribution is 2.63. The van der Waals surface area contributed by atoms with Gasteiger partial charge >= 0.3 is 0 Å². The molecule has 3 fully saturated rings. The van der Waals surface area contributed by atoms with Crippen LogP contribution in [-0.4, -0.2) is 35.1 Å². The molecule has 0 aromatic heterocycles. The highest BCUT2D eigenvalue weighted by Gasteiger charge is 2.59. The van der Waals surface area contributed by atoms with Crippen molar-refractivity contribution in [2.45, 2.75) is 70.5 Å². The van der Waals surface area contributed by atoms with Gasteiger partial charge < -0.3 is 14.9 Å². The molecule has 6 atom stereocenters. The quantitative estimate of drug-likeness (QED) is 0.732. The number of hydrogen-bond acceptors (Lipinski definition) is 3. The Kier molecular flexibility index (Phi) is 3.32. The summed E-state index contributed by atoms with van der Waals surface area (Å²) in [6.07, 6.45) is 10.2. The lowest BCUT2D eigenvalue weighted by Crippen LogP contribution is -2.58. The largest absolute Gasteiger partial charge is 0.393 e. The number of aliphatic hydroxyl groups is 2. The molecule has 0 aromatic rings. The van der Waals surface area contributed by atoms with E-state index in [9.17, 15) is 10.2 Å². The van der Waals surface area contributed by atoms with E-state index >= 15 is 0 Å². The minimum atomic E-state index is -0.883. The zero-order valence-corrected chi connectivity index (χ0v) is 14.0. The van der Waals surface area contributed by atoms with Crippen molar-refractivity contribution in [3.05, 3.63) is 11.6 Å². The summed E-state index contributed by atoms with van der Waals surface area (Å²) in [6, 6.07) is 0. The van der Waals surface area contributed by atoms with Crippen molar-refractivity contribution in [2.24, 2.45) is 22.7 Å². The van der Waals surface area contributed by atoms with Crippen LogP contribution in [0.3, 0.4) is 0 Å². The highest BCUT2D eigenvalue weighted by atomic mass is 16.5. The van der Waals surface area contributed by atoms with Gasteiger partial charge in [-0.25, -0.2) is 0 Å². The van der Waals surface area contributed by atoms with E-state index in [1.54, 1.807) is 0 Å². The van der Waals surface area contributed by atoms with Crippen LogP contribution in [0.5, 0.6) is 0 Å². The zero-order valence-electron chi connectivity index (χ0n) is 14.0. The summed E-state index contributed by atoms with van der Waals surface area (Å²) in [4.78, 5) is 0. The van der Waals surface area contributed by atoms with Gasteiger partial charge in [-0.15, -0.1) is 0 Å². The lowest BCUT2D eigenvalue weighted by molar-refractivity contribution is -0.156. The van der Waals surface area contributed by atoms with E-state index in [0.29, 0.717) is 17.4 Å². The number of ether oxygens (including phenoxy) is 1. The molecule has 3 heteroatoms. The summed E-state index contributed by atoms with van der Waals surface area (Å²) in [5.41, 5.74) is 1.08. The van der Waals surface area contributed by atoms with Crippen LogP contribution in [0.2, 0.25) is 0 Å². The highest BCUT2D eigenvalue weighted by molar-refractivity contribution is 5.29. The summed E-state index contributed by atoms with van der Waals surface area (Å²) >= 11 is 0. The van der Waals surface area contributed by atoms with E-state index in [-0.39, 0.29) is 17.9 Å². The second-order valence-corrected chi connectivity index (χ2v) is 8.86. The Labute approximate surface area is 133 Å². The van der Waals surface area contributed by atoms with Gasteiger partial charge in [-0.3, -0.25) is 0 Å². The van der Waals surface area contributed by atoms with Crippen molar-refractivity contribution >= 4 is 0 Å². The summed E-state index contributed by atoms with van der Waals surface area (Å²) < 4.78 is 6.15. The number of allylic oxidation sites excluding steroid dienone is 1. The first kappa shape index (κ1) is 15.2. The normalized spacial score (nSPS) is 54.2. The minimum Gasteiger partial charge on any atom is -0.393 e. The molecule has 0 spiro atoms. The predicted molar refractivity (Wildman–Crippen MR) is 85.4 cm³/mol. The number of aliphatic hydroxyl groups excluding tert-OH is 1. The van der Waals surface area contributed by atoms with Gasteiger partial charge in [0, 0.05) is 6.61 Å². The summed E-state index contributed by atoms with van der Waals surface area (Å²) in [6.45, 7) is 5.56. The average molecular weight is 306 g/mol. The fourth-order valence-corrected chi connectivity index (χ4v) is 6.37. The lowest BCUT2D eigenvalue weighted by atomic mass is 9.47. The van der Waals surface area contributed by atoms with Crippen LogP contribution in [0.15, 0.2) is 11.6 Å². The number of fused-ring (bicyclic) bond motifs is 5. The Bertz CT molecular complexity index is 501. The molecular formula is C19H30O3. The Balaban J connectivity index is 1.73. The summed E-state index contributed by atoms with van der Waals surface area (Å²) in [7, 11) is 0. The second-order valence-electron chi connectivity index (χ2n) is 8.86. The maximum atomic E-state index is 11.0. The molecule has 0 unspecified atom stereocenters.